The van der Waals surface area contributed by atoms with Gasteiger partial charge in [-0.3, -0.25) is 0 Å². The normalized spacial score (nSPS) is 36.9. The Kier molecular flexibility index (Phi) is 2.60. The summed E-state index contributed by atoms with van der Waals surface area (Å²) in [7, 11) is 0. The summed E-state index contributed by atoms with van der Waals surface area (Å²) in [6, 6.07) is 8.63. The first kappa shape index (κ1) is 10.8. The molecule has 0 spiro atoms. The number of hydrogen-bond donors (Lipinski definition) is 1. The number of halogens is 1. The molecule has 0 radical (unpaired) electrons. The zero-order chi connectivity index (χ0) is 11.2. The Hall–Kier alpha value is -0.340. The minimum atomic E-state index is 0.0940. The molecule has 2 aliphatic carbocycles. The van der Waals surface area contributed by atoms with Crippen molar-refractivity contribution in [1.82, 2.24) is 0 Å². The van der Waals surface area contributed by atoms with Crippen LogP contribution in [0.15, 0.2) is 28.7 Å². The molecular formula is C14H18BrN. The second kappa shape index (κ2) is 3.85. The van der Waals surface area contributed by atoms with E-state index in [1.54, 1.807) is 0 Å². The zero-order valence-corrected chi connectivity index (χ0v) is 11.0. The molecule has 2 saturated carbocycles. The predicted molar refractivity (Wildman–Crippen MR) is 70.2 cm³/mol. The fraction of sp³-hybridized carbons (Fsp3) is 0.571. The lowest BCUT2D eigenvalue weighted by Crippen LogP contribution is -2.46. The van der Waals surface area contributed by atoms with Gasteiger partial charge in [-0.05, 0) is 55.2 Å². The van der Waals surface area contributed by atoms with E-state index >= 15 is 0 Å². The molecule has 0 heterocycles. The average Bonchev–Trinajstić information content (AvgIpc) is 2.81. The lowest BCUT2D eigenvalue weighted by Gasteiger charge is -2.34. The monoisotopic (exact) mass is 279 g/mol. The van der Waals surface area contributed by atoms with Gasteiger partial charge >= 0.3 is 0 Å². The molecule has 3 unspecified atom stereocenters. The van der Waals surface area contributed by atoms with Gasteiger partial charge in [-0.1, -0.05) is 34.5 Å². The van der Waals surface area contributed by atoms with Gasteiger partial charge in [0.05, 0.1) is 0 Å². The lowest BCUT2D eigenvalue weighted by molar-refractivity contribution is 0.269. The standard InChI is InChI=1S/C14H18BrN/c15-13-5-2-10(3-6-13)8-14(16)9-11-1-4-12(14)7-11/h2-3,5-6,11-12H,1,4,7-9,16H2. The van der Waals surface area contributed by atoms with Crippen molar-refractivity contribution in [2.75, 3.05) is 0 Å². The third-order valence-corrected chi connectivity index (χ3v) is 5.00. The number of benzene rings is 1. The van der Waals surface area contributed by atoms with E-state index in [-0.39, 0.29) is 5.54 Å². The summed E-state index contributed by atoms with van der Waals surface area (Å²) in [6.45, 7) is 0. The van der Waals surface area contributed by atoms with E-state index in [1.807, 2.05) is 0 Å². The smallest absolute Gasteiger partial charge is 0.0226 e. The zero-order valence-electron chi connectivity index (χ0n) is 9.45. The van der Waals surface area contributed by atoms with E-state index in [9.17, 15) is 0 Å². The molecule has 0 aliphatic heterocycles. The van der Waals surface area contributed by atoms with E-state index in [4.69, 9.17) is 5.73 Å². The summed E-state index contributed by atoms with van der Waals surface area (Å²) >= 11 is 3.47. The first-order valence-electron chi connectivity index (χ1n) is 6.19. The van der Waals surface area contributed by atoms with Crippen LogP contribution in [0.2, 0.25) is 0 Å². The molecule has 2 heteroatoms. The highest BCUT2D eigenvalue weighted by atomic mass is 79.9. The molecule has 0 saturated heterocycles. The summed E-state index contributed by atoms with van der Waals surface area (Å²) < 4.78 is 1.15. The molecule has 2 aliphatic rings. The Morgan fingerprint density at radius 1 is 1.25 bits per heavy atom. The van der Waals surface area contributed by atoms with Crippen LogP contribution in [0.4, 0.5) is 0 Å². The van der Waals surface area contributed by atoms with Gasteiger partial charge in [0.15, 0.2) is 0 Å². The van der Waals surface area contributed by atoms with Crippen LogP contribution in [0, 0.1) is 11.8 Å². The largest absolute Gasteiger partial charge is 0.325 e. The van der Waals surface area contributed by atoms with Crippen molar-refractivity contribution in [2.45, 2.75) is 37.6 Å². The first-order valence-corrected chi connectivity index (χ1v) is 6.98. The molecule has 2 fully saturated rings. The van der Waals surface area contributed by atoms with Gasteiger partial charge in [-0.2, -0.15) is 0 Å². The van der Waals surface area contributed by atoms with Crippen LogP contribution in [-0.4, -0.2) is 5.54 Å². The number of fused-ring (bicyclic) bond motifs is 2. The Bertz CT molecular complexity index is 386. The van der Waals surface area contributed by atoms with E-state index in [1.165, 1.54) is 31.2 Å². The van der Waals surface area contributed by atoms with E-state index in [0.29, 0.717) is 0 Å². The van der Waals surface area contributed by atoms with Gasteiger partial charge in [-0.15, -0.1) is 0 Å². The summed E-state index contributed by atoms with van der Waals surface area (Å²) in [5, 5.41) is 0. The topological polar surface area (TPSA) is 26.0 Å². The van der Waals surface area contributed by atoms with E-state index in [0.717, 1.165) is 22.7 Å². The maximum atomic E-state index is 6.60. The van der Waals surface area contributed by atoms with Crippen LogP contribution in [0.5, 0.6) is 0 Å². The molecule has 1 nitrogen and oxygen atoms in total. The fourth-order valence-corrected chi connectivity index (χ4v) is 3.95. The average molecular weight is 280 g/mol. The van der Waals surface area contributed by atoms with Crippen molar-refractivity contribution in [2.24, 2.45) is 17.6 Å². The highest BCUT2D eigenvalue weighted by molar-refractivity contribution is 9.10. The fourth-order valence-electron chi connectivity index (χ4n) is 3.69. The van der Waals surface area contributed by atoms with Gasteiger partial charge < -0.3 is 5.73 Å². The van der Waals surface area contributed by atoms with Crippen LogP contribution >= 0.6 is 15.9 Å². The maximum absolute atomic E-state index is 6.60. The minimum absolute atomic E-state index is 0.0940. The molecule has 3 rings (SSSR count). The molecule has 3 atom stereocenters. The highest BCUT2D eigenvalue weighted by Gasteiger charge is 2.48. The van der Waals surface area contributed by atoms with Gasteiger partial charge in [0.25, 0.3) is 0 Å². The number of hydrogen-bond acceptors (Lipinski definition) is 1. The van der Waals surface area contributed by atoms with Crippen LogP contribution in [0.1, 0.15) is 31.2 Å². The van der Waals surface area contributed by atoms with Gasteiger partial charge in [0, 0.05) is 10.0 Å². The molecule has 16 heavy (non-hydrogen) atoms. The number of rotatable bonds is 2. The summed E-state index contributed by atoms with van der Waals surface area (Å²) in [5.41, 5.74) is 8.08. The second-order valence-electron chi connectivity index (χ2n) is 5.62. The van der Waals surface area contributed by atoms with Crippen molar-refractivity contribution in [3.05, 3.63) is 34.3 Å². The molecule has 1 aromatic rings. The minimum Gasteiger partial charge on any atom is -0.325 e. The summed E-state index contributed by atoms with van der Waals surface area (Å²) in [6.07, 6.45) is 6.46. The van der Waals surface area contributed by atoms with Crippen molar-refractivity contribution in [3.8, 4) is 0 Å². The Labute approximate surface area is 106 Å². The number of nitrogens with two attached hydrogens (primary N) is 1. The van der Waals surface area contributed by atoms with Crippen molar-refractivity contribution in [3.63, 3.8) is 0 Å². The van der Waals surface area contributed by atoms with Crippen LogP contribution in [0.3, 0.4) is 0 Å². The van der Waals surface area contributed by atoms with Crippen LogP contribution in [-0.2, 0) is 6.42 Å². The second-order valence-corrected chi connectivity index (χ2v) is 6.53. The van der Waals surface area contributed by atoms with Crippen LogP contribution in [0.25, 0.3) is 0 Å². The predicted octanol–water partition coefficient (Wildman–Crippen LogP) is 3.51. The highest BCUT2D eigenvalue weighted by Crippen LogP contribution is 2.50. The molecule has 2 bridgehead atoms. The third kappa shape index (κ3) is 1.82. The Morgan fingerprint density at radius 2 is 2.00 bits per heavy atom. The maximum Gasteiger partial charge on any atom is 0.0226 e. The Morgan fingerprint density at radius 3 is 2.56 bits per heavy atom. The lowest BCUT2D eigenvalue weighted by atomic mass is 9.77. The van der Waals surface area contributed by atoms with Crippen molar-refractivity contribution in [1.29, 1.82) is 0 Å². The summed E-state index contributed by atoms with van der Waals surface area (Å²) in [4.78, 5) is 0. The SMILES string of the molecule is NC1(Cc2ccc(Br)cc2)CC2CCC1C2. The third-order valence-electron chi connectivity index (χ3n) is 4.47. The first-order chi connectivity index (χ1) is 7.66. The molecule has 1 aromatic carbocycles. The van der Waals surface area contributed by atoms with E-state index in [2.05, 4.69) is 40.2 Å². The molecule has 86 valence electrons. The molecule has 0 amide bonds. The van der Waals surface area contributed by atoms with Gasteiger partial charge in [0.2, 0.25) is 0 Å². The van der Waals surface area contributed by atoms with E-state index < -0.39 is 0 Å². The van der Waals surface area contributed by atoms with Crippen molar-refractivity contribution < 1.29 is 0 Å². The summed E-state index contributed by atoms with van der Waals surface area (Å²) in [5.74, 6) is 1.70. The molecule has 0 aromatic heterocycles. The van der Waals surface area contributed by atoms with Gasteiger partial charge in [-0.25, -0.2) is 0 Å². The van der Waals surface area contributed by atoms with Crippen LogP contribution < -0.4 is 5.73 Å². The van der Waals surface area contributed by atoms with Gasteiger partial charge in [0.1, 0.15) is 0 Å². The quantitative estimate of drug-likeness (QED) is 0.881. The Balaban J connectivity index is 1.77. The molecular weight excluding hydrogens is 262 g/mol. The van der Waals surface area contributed by atoms with Crippen molar-refractivity contribution >= 4 is 15.9 Å². The molecule has 2 N–H and O–H groups in total.